The molecule has 0 radical (unpaired) electrons. The molecule has 4 amide bonds. The summed E-state index contributed by atoms with van der Waals surface area (Å²) in [7, 11) is 0. The molecular formula is C27H25N3O3. The molecular weight excluding hydrogens is 414 g/mol. The van der Waals surface area contributed by atoms with E-state index in [0.717, 1.165) is 40.0 Å². The highest BCUT2D eigenvalue weighted by molar-refractivity contribution is 6.09. The Morgan fingerprint density at radius 1 is 0.909 bits per heavy atom. The normalized spacial score (nSPS) is 19.5. The Balaban J connectivity index is 1.38. The quantitative estimate of drug-likeness (QED) is 0.596. The summed E-state index contributed by atoms with van der Waals surface area (Å²) in [5.41, 5.74) is 2.67. The van der Waals surface area contributed by atoms with E-state index in [-0.39, 0.29) is 18.5 Å². The topological polar surface area (TPSA) is 78.5 Å². The fraction of sp³-hybridized carbons (Fsp3) is 0.222. The molecule has 1 heterocycles. The SMILES string of the molecule is O=C(CN1C(=O)N[C@]2(CCCc3ccccc32)C1=O)NC(c1ccccc1)c1ccccc1. The minimum absolute atomic E-state index is 0.329. The summed E-state index contributed by atoms with van der Waals surface area (Å²) >= 11 is 0. The number of carbonyl (C=O) groups excluding carboxylic acids is 3. The monoisotopic (exact) mass is 439 g/mol. The molecule has 2 N–H and O–H groups in total. The zero-order valence-corrected chi connectivity index (χ0v) is 18.2. The Morgan fingerprint density at radius 3 is 2.18 bits per heavy atom. The van der Waals surface area contributed by atoms with Crippen LogP contribution in [0.4, 0.5) is 4.79 Å². The summed E-state index contributed by atoms with van der Waals surface area (Å²) in [4.78, 5) is 40.4. The van der Waals surface area contributed by atoms with E-state index in [1.165, 1.54) is 0 Å². The van der Waals surface area contributed by atoms with Gasteiger partial charge >= 0.3 is 6.03 Å². The molecule has 3 aromatic carbocycles. The van der Waals surface area contributed by atoms with Crippen molar-refractivity contribution < 1.29 is 14.4 Å². The lowest BCUT2D eigenvalue weighted by atomic mass is 9.76. The first-order valence-corrected chi connectivity index (χ1v) is 11.2. The van der Waals surface area contributed by atoms with Gasteiger partial charge < -0.3 is 10.6 Å². The van der Waals surface area contributed by atoms with Gasteiger partial charge in [-0.3, -0.25) is 14.5 Å². The molecule has 5 rings (SSSR count). The van der Waals surface area contributed by atoms with Crippen molar-refractivity contribution >= 4 is 17.8 Å². The number of rotatable bonds is 5. The van der Waals surface area contributed by atoms with Gasteiger partial charge in [0, 0.05) is 0 Å². The van der Waals surface area contributed by atoms with E-state index in [4.69, 9.17) is 0 Å². The maximum Gasteiger partial charge on any atom is 0.325 e. The Bertz CT molecular complexity index is 1160. The number of hydrogen-bond donors (Lipinski definition) is 2. The van der Waals surface area contributed by atoms with Crippen LogP contribution < -0.4 is 10.6 Å². The zero-order chi connectivity index (χ0) is 22.8. The number of urea groups is 1. The summed E-state index contributed by atoms with van der Waals surface area (Å²) < 4.78 is 0. The average molecular weight is 440 g/mol. The van der Waals surface area contributed by atoms with Crippen LogP contribution in [0.1, 0.15) is 41.1 Å². The highest BCUT2D eigenvalue weighted by Crippen LogP contribution is 2.39. The number of nitrogens with one attached hydrogen (secondary N) is 2. The van der Waals surface area contributed by atoms with Gasteiger partial charge in [-0.2, -0.15) is 0 Å². The highest BCUT2D eigenvalue weighted by Gasteiger charge is 2.54. The van der Waals surface area contributed by atoms with E-state index >= 15 is 0 Å². The van der Waals surface area contributed by atoms with Crippen molar-refractivity contribution in [2.24, 2.45) is 0 Å². The molecule has 3 aromatic rings. The first-order valence-electron chi connectivity index (χ1n) is 11.2. The number of imide groups is 1. The van der Waals surface area contributed by atoms with Crippen molar-refractivity contribution in [3.05, 3.63) is 107 Å². The van der Waals surface area contributed by atoms with Crippen LogP contribution in [0.5, 0.6) is 0 Å². The lowest BCUT2D eigenvalue weighted by molar-refractivity contribution is -0.135. The smallest absolute Gasteiger partial charge is 0.325 e. The standard InChI is InChI=1S/C27H25N3O3/c31-23(28-24(20-11-3-1-4-12-20)21-13-5-2-6-14-21)18-30-25(32)27(29-26(30)33)17-9-15-19-10-7-8-16-22(19)27/h1-8,10-14,16,24H,9,15,17-18H2,(H,28,31)(H,29,33)/t27-/m0/s1. The summed E-state index contributed by atoms with van der Waals surface area (Å²) in [5, 5.41) is 5.92. The first kappa shape index (κ1) is 20.9. The van der Waals surface area contributed by atoms with Crippen LogP contribution in [0.2, 0.25) is 0 Å². The Morgan fingerprint density at radius 2 is 1.52 bits per heavy atom. The Labute approximate surface area is 192 Å². The summed E-state index contributed by atoms with van der Waals surface area (Å²) in [5.74, 6) is -0.747. The number of hydrogen-bond acceptors (Lipinski definition) is 3. The molecule has 1 fully saturated rings. The molecule has 0 aromatic heterocycles. The van der Waals surface area contributed by atoms with Crippen LogP contribution in [0.15, 0.2) is 84.9 Å². The van der Waals surface area contributed by atoms with Crippen molar-refractivity contribution in [3.8, 4) is 0 Å². The molecule has 1 saturated heterocycles. The van der Waals surface area contributed by atoms with E-state index < -0.39 is 17.5 Å². The van der Waals surface area contributed by atoms with Crippen LogP contribution in [-0.4, -0.2) is 29.3 Å². The third-order valence-corrected chi connectivity index (χ3v) is 6.52. The fourth-order valence-corrected chi connectivity index (χ4v) is 4.96. The van der Waals surface area contributed by atoms with E-state index in [9.17, 15) is 14.4 Å². The lowest BCUT2D eigenvalue weighted by Gasteiger charge is -2.33. The number of amides is 4. The van der Waals surface area contributed by atoms with E-state index in [0.29, 0.717) is 6.42 Å². The van der Waals surface area contributed by atoms with Gasteiger partial charge in [-0.15, -0.1) is 0 Å². The van der Waals surface area contributed by atoms with Crippen molar-refractivity contribution in [3.63, 3.8) is 0 Å². The molecule has 1 spiro atoms. The van der Waals surface area contributed by atoms with Gasteiger partial charge in [-0.1, -0.05) is 84.9 Å². The van der Waals surface area contributed by atoms with Gasteiger partial charge in [0.25, 0.3) is 5.91 Å². The Hall–Kier alpha value is -3.93. The van der Waals surface area contributed by atoms with Crippen LogP contribution in [0, 0.1) is 0 Å². The number of nitrogens with zero attached hydrogens (tertiary/aromatic N) is 1. The third kappa shape index (κ3) is 3.78. The van der Waals surface area contributed by atoms with Gasteiger partial charge in [0.05, 0.1) is 6.04 Å². The van der Waals surface area contributed by atoms with E-state index in [1.54, 1.807) is 0 Å². The highest BCUT2D eigenvalue weighted by atomic mass is 16.2. The van der Waals surface area contributed by atoms with Crippen molar-refractivity contribution in [2.45, 2.75) is 30.8 Å². The molecule has 6 heteroatoms. The van der Waals surface area contributed by atoms with E-state index in [1.807, 2.05) is 84.9 Å². The molecule has 1 atom stereocenters. The Kier molecular flexibility index (Phi) is 5.42. The van der Waals surface area contributed by atoms with Gasteiger partial charge in [-0.05, 0) is 41.5 Å². The summed E-state index contributed by atoms with van der Waals surface area (Å²) in [6, 6.07) is 26.1. The number of carbonyl (C=O) groups is 3. The summed E-state index contributed by atoms with van der Waals surface area (Å²) in [6.45, 7) is -0.329. The second kappa shape index (κ2) is 8.54. The minimum atomic E-state index is -1.08. The predicted molar refractivity (Wildman–Crippen MR) is 124 cm³/mol. The van der Waals surface area contributed by atoms with Crippen LogP contribution >= 0.6 is 0 Å². The largest absolute Gasteiger partial charge is 0.344 e. The molecule has 0 unspecified atom stereocenters. The number of fused-ring (bicyclic) bond motifs is 2. The summed E-state index contributed by atoms with van der Waals surface area (Å²) in [6.07, 6.45) is 2.20. The second-order valence-electron chi connectivity index (χ2n) is 8.56. The molecule has 0 bridgehead atoms. The molecule has 166 valence electrons. The van der Waals surface area contributed by atoms with Crippen molar-refractivity contribution in [1.29, 1.82) is 0 Å². The van der Waals surface area contributed by atoms with Crippen LogP contribution in [0.3, 0.4) is 0 Å². The van der Waals surface area contributed by atoms with Gasteiger partial charge in [0.2, 0.25) is 5.91 Å². The average Bonchev–Trinajstić information content (AvgIpc) is 3.08. The van der Waals surface area contributed by atoms with Gasteiger partial charge in [0.15, 0.2) is 0 Å². The molecule has 2 aliphatic rings. The second-order valence-corrected chi connectivity index (χ2v) is 8.56. The van der Waals surface area contributed by atoms with Gasteiger partial charge in [0.1, 0.15) is 12.1 Å². The van der Waals surface area contributed by atoms with Crippen molar-refractivity contribution in [2.75, 3.05) is 6.54 Å². The van der Waals surface area contributed by atoms with E-state index in [2.05, 4.69) is 10.6 Å². The number of benzene rings is 3. The lowest BCUT2D eigenvalue weighted by Crippen LogP contribution is -2.47. The number of aryl methyl sites for hydroxylation is 1. The maximum absolute atomic E-state index is 13.5. The minimum Gasteiger partial charge on any atom is -0.344 e. The van der Waals surface area contributed by atoms with Crippen LogP contribution in [-0.2, 0) is 21.5 Å². The maximum atomic E-state index is 13.5. The third-order valence-electron chi connectivity index (χ3n) is 6.52. The van der Waals surface area contributed by atoms with Crippen LogP contribution in [0.25, 0.3) is 0 Å². The molecule has 33 heavy (non-hydrogen) atoms. The molecule has 1 aliphatic carbocycles. The van der Waals surface area contributed by atoms with Crippen molar-refractivity contribution in [1.82, 2.24) is 15.5 Å². The fourth-order valence-electron chi connectivity index (χ4n) is 4.96. The van der Waals surface area contributed by atoms with Gasteiger partial charge in [-0.25, -0.2) is 4.79 Å². The molecule has 0 saturated carbocycles. The first-order chi connectivity index (χ1) is 16.1. The zero-order valence-electron chi connectivity index (χ0n) is 18.2. The molecule has 1 aliphatic heterocycles. The molecule has 6 nitrogen and oxygen atoms in total. The predicted octanol–water partition coefficient (Wildman–Crippen LogP) is 3.68.